The fourth-order valence-electron chi connectivity index (χ4n) is 4.91. The molecular weight excluding hydrogens is 352 g/mol. The van der Waals surface area contributed by atoms with Crippen LogP contribution >= 0.6 is 0 Å². The second-order valence-electron chi connectivity index (χ2n) is 8.07. The molecule has 5 rings (SSSR count). The molecule has 2 aromatic heterocycles. The molecule has 2 unspecified atom stereocenters. The molecule has 2 aliphatic heterocycles. The van der Waals surface area contributed by atoms with Crippen molar-refractivity contribution < 1.29 is 4.79 Å². The molecule has 0 N–H and O–H groups in total. The van der Waals surface area contributed by atoms with Gasteiger partial charge < -0.3 is 14.4 Å². The van der Waals surface area contributed by atoms with Gasteiger partial charge in [0.1, 0.15) is 5.69 Å². The Bertz CT molecular complexity index is 1040. The third-order valence-corrected chi connectivity index (χ3v) is 6.23. The van der Waals surface area contributed by atoms with Gasteiger partial charge in [-0.3, -0.25) is 9.48 Å². The van der Waals surface area contributed by atoms with E-state index in [1.165, 1.54) is 5.52 Å². The molecule has 1 aromatic carbocycles. The van der Waals surface area contributed by atoms with E-state index in [0.29, 0.717) is 17.5 Å². The van der Waals surface area contributed by atoms with Gasteiger partial charge in [-0.05, 0) is 32.0 Å². The average Bonchev–Trinajstić information content (AvgIpc) is 3.40. The SMILES string of the molecule is CCn1c(N2CC3CN(C(=O)c4cc(C)nn4C)CC3C2)nc2ccccc21. The lowest BCUT2D eigenvalue weighted by atomic mass is 10.0. The van der Waals surface area contributed by atoms with Gasteiger partial charge in [0.2, 0.25) is 5.95 Å². The number of nitrogens with zero attached hydrogens (tertiary/aromatic N) is 6. The van der Waals surface area contributed by atoms with Gasteiger partial charge in [-0.2, -0.15) is 5.10 Å². The smallest absolute Gasteiger partial charge is 0.272 e. The Morgan fingerprint density at radius 1 is 1.14 bits per heavy atom. The number of fused-ring (bicyclic) bond motifs is 2. The molecule has 28 heavy (non-hydrogen) atoms. The number of amides is 1. The monoisotopic (exact) mass is 378 g/mol. The van der Waals surface area contributed by atoms with Gasteiger partial charge in [-0.15, -0.1) is 0 Å². The Hall–Kier alpha value is -2.83. The summed E-state index contributed by atoms with van der Waals surface area (Å²) in [4.78, 5) is 22.2. The average molecular weight is 378 g/mol. The number of anilines is 1. The number of aryl methyl sites for hydroxylation is 3. The summed E-state index contributed by atoms with van der Waals surface area (Å²) in [5.41, 5.74) is 3.82. The lowest BCUT2D eigenvalue weighted by Crippen LogP contribution is -2.34. The van der Waals surface area contributed by atoms with Crippen molar-refractivity contribution in [3.05, 3.63) is 41.7 Å². The lowest BCUT2D eigenvalue weighted by molar-refractivity contribution is 0.0771. The summed E-state index contributed by atoms with van der Waals surface area (Å²) in [5.74, 6) is 2.18. The minimum Gasteiger partial charge on any atom is -0.342 e. The molecule has 0 saturated carbocycles. The molecule has 2 fully saturated rings. The molecule has 2 atom stereocenters. The van der Waals surface area contributed by atoms with E-state index in [1.54, 1.807) is 4.68 Å². The van der Waals surface area contributed by atoms with Gasteiger partial charge in [0.15, 0.2) is 0 Å². The van der Waals surface area contributed by atoms with Crippen molar-refractivity contribution in [3.8, 4) is 0 Å². The van der Waals surface area contributed by atoms with Crippen LogP contribution in [-0.4, -0.2) is 56.3 Å². The highest BCUT2D eigenvalue weighted by Crippen LogP contribution is 2.35. The topological polar surface area (TPSA) is 59.2 Å². The highest BCUT2D eigenvalue weighted by Gasteiger charge is 2.43. The zero-order chi connectivity index (χ0) is 19.4. The van der Waals surface area contributed by atoms with E-state index in [9.17, 15) is 4.79 Å². The van der Waals surface area contributed by atoms with Crippen LogP contribution < -0.4 is 4.90 Å². The summed E-state index contributed by atoms with van der Waals surface area (Å²) in [6.07, 6.45) is 0. The van der Waals surface area contributed by atoms with Crippen molar-refractivity contribution in [3.63, 3.8) is 0 Å². The third-order valence-electron chi connectivity index (χ3n) is 6.23. The van der Waals surface area contributed by atoms with Crippen molar-refractivity contribution in [2.75, 3.05) is 31.1 Å². The van der Waals surface area contributed by atoms with Crippen molar-refractivity contribution in [1.29, 1.82) is 0 Å². The zero-order valence-electron chi connectivity index (χ0n) is 16.7. The van der Waals surface area contributed by atoms with E-state index in [4.69, 9.17) is 4.98 Å². The molecular formula is C21H26N6O. The van der Waals surface area contributed by atoms with Crippen LogP contribution in [0.4, 0.5) is 5.95 Å². The molecule has 1 amide bonds. The summed E-state index contributed by atoms with van der Waals surface area (Å²) in [5, 5.41) is 4.32. The summed E-state index contributed by atoms with van der Waals surface area (Å²) >= 11 is 0. The molecule has 3 aromatic rings. The maximum absolute atomic E-state index is 12.9. The van der Waals surface area contributed by atoms with Gasteiger partial charge in [0.25, 0.3) is 5.91 Å². The summed E-state index contributed by atoms with van der Waals surface area (Å²) in [6, 6.07) is 10.2. The first kappa shape index (κ1) is 17.3. The molecule has 0 bridgehead atoms. The molecule has 0 spiro atoms. The molecule has 4 heterocycles. The van der Waals surface area contributed by atoms with Gasteiger partial charge in [-0.1, -0.05) is 12.1 Å². The Balaban J connectivity index is 1.34. The third kappa shape index (κ3) is 2.60. The van der Waals surface area contributed by atoms with Crippen molar-refractivity contribution in [2.45, 2.75) is 20.4 Å². The molecule has 7 heteroatoms. The predicted molar refractivity (Wildman–Crippen MR) is 108 cm³/mol. The first-order valence-corrected chi connectivity index (χ1v) is 10.0. The van der Waals surface area contributed by atoms with Crippen LogP contribution in [0.2, 0.25) is 0 Å². The van der Waals surface area contributed by atoms with Crippen LogP contribution in [-0.2, 0) is 13.6 Å². The maximum Gasteiger partial charge on any atom is 0.272 e. The fraction of sp³-hybridized carbons (Fsp3) is 0.476. The molecule has 2 aliphatic rings. The standard InChI is InChI=1S/C21H26N6O/c1-4-27-18-8-6-5-7-17(18)22-21(27)26-12-15-10-25(11-16(15)13-26)20(28)19-9-14(2)23-24(19)3/h5-9,15-16H,4,10-13H2,1-3H3. The van der Waals surface area contributed by atoms with Crippen LogP contribution in [0.25, 0.3) is 11.0 Å². The molecule has 146 valence electrons. The largest absolute Gasteiger partial charge is 0.342 e. The number of rotatable bonds is 3. The Morgan fingerprint density at radius 3 is 2.50 bits per heavy atom. The number of hydrogen-bond donors (Lipinski definition) is 0. The quantitative estimate of drug-likeness (QED) is 0.702. The van der Waals surface area contributed by atoms with Crippen LogP contribution in [0.3, 0.4) is 0 Å². The minimum atomic E-state index is 0.102. The van der Waals surface area contributed by atoms with E-state index in [0.717, 1.165) is 49.9 Å². The number of benzene rings is 1. The molecule has 7 nitrogen and oxygen atoms in total. The second-order valence-corrected chi connectivity index (χ2v) is 8.07. The van der Waals surface area contributed by atoms with E-state index in [1.807, 2.05) is 31.0 Å². The highest BCUT2D eigenvalue weighted by atomic mass is 16.2. The van der Waals surface area contributed by atoms with Gasteiger partial charge in [-0.25, -0.2) is 4.98 Å². The van der Waals surface area contributed by atoms with E-state index in [-0.39, 0.29) is 5.91 Å². The van der Waals surface area contributed by atoms with E-state index < -0.39 is 0 Å². The highest BCUT2D eigenvalue weighted by molar-refractivity contribution is 5.93. The maximum atomic E-state index is 12.9. The fourth-order valence-corrected chi connectivity index (χ4v) is 4.91. The van der Waals surface area contributed by atoms with Gasteiger partial charge >= 0.3 is 0 Å². The number of carbonyl (C=O) groups is 1. The number of hydrogen-bond acceptors (Lipinski definition) is 4. The zero-order valence-corrected chi connectivity index (χ0v) is 16.7. The van der Waals surface area contributed by atoms with Crippen molar-refractivity contribution in [2.24, 2.45) is 18.9 Å². The summed E-state index contributed by atoms with van der Waals surface area (Å²) in [6.45, 7) is 8.56. The summed E-state index contributed by atoms with van der Waals surface area (Å²) in [7, 11) is 1.84. The number of carbonyl (C=O) groups excluding carboxylic acids is 1. The summed E-state index contributed by atoms with van der Waals surface area (Å²) < 4.78 is 4.00. The van der Waals surface area contributed by atoms with Crippen molar-refractivity contribution >= 4 is 22.9 Å². The Labute approximate surface area is 164 Å². The first-order chi connectivity index (χ1) is 13.5. The van der Waals surface area contributed by atoms with Crippen molar-refractivity contribution in [1.82, 2.24) is 24.2 Å². The van der Waals surface area contributed by atoms with Crippen LogP contribution in [0, 0.1) is 18.8 Å². The molecule has 0 radical (unpaired) electrons. The van der Waals surface area contributed by atoms with Crippen LogP contribution in [0.15, 0.2) is 30.3 Å². The predicted octanol–water partition coefficient (Wildman–Crippen LogP) is 2.31. The molecule has 2 saturated heterocycles. The van der Waals surface area contributed by atoms with Crippen LogP contribution in [0.1, 0.15) is 23.1 Å². The number of aromatic nitrogens is 4. The Morgan fingerprint density at radius 2 is 1.86 bits per heavy atom. The normalized spacial score (nSPS) is 21.7. The lowest BCUT2D eigenvalue weighted by Gasteiger charge is -2.23. The van der Waals surface area contributed by atoms with Gasteiger partial charge in [0, 0.05) is 51.6 Å². The minimum absolute atomic E-state index is 0.102. The number of likely N-dealkylation sites (tertiary alicyclic amines) is 1. The first-order valence-electron chi connectivity index (χ1n) is 10.0. The number of para-hydroxylation sites is 2. The van der Waals surface area contributed by atoms with Gasteiger partial charge in [0.05, 0.1) is 16.7 Å². The van der Waals surface area contributed by atoms with Crippen LogP contribution in [0.5, 0.6) is 0 Å². The Kier molecular flexibility index (Phi) is 3.92. The van der Waals surface area contributed by atoms with E-state index in [2.05, 4.69) is 39.7 Å². The molecule has 0 aliphatic carbocycles. The second kappa shape index (κ2) is 6.36. The number of imidazole rings is 1. The van der Waals surface area contributed by atoms with E-state index >= 15 is 0 Å².